The van der Waals surface area contributed by atoms with Crippen molar-refractivity contribution in [1.29, 1.82) is 0 Å². The Morgan fingerprint density at radius 3 is 2.33 bits per heavy atom. The highest BCUT2D eigenvalue weighted by molar-refractivity contribution is 5.76. The monoisotopic (exact) mass is 412 g/mol. The van der Waals surface area contributed by atoms with Gasteiger partial charge < -0.3 is 14.7 Å². The number of hydrogen-bond donors (Lipinski definition) is 2. The van der Waals surface area contributed by atoms with E-state index in [2.05, 4.69) is 10.1 Å². The van der Waals surface area contributed by atoms with Crippen LogP contribution in [0.15, 0.2) is 77.6 Å². The SMILES string of the molecule is Oc1ccc(-c2noc(-c3ccccc3C(F)(F)F)c2C(O)c2cccnc2)cc1. The molecule has 0 amide bonds. The lowest BCUT2D eigenvalue weighted by molar-refractivity contribution is -0.137. The van der Waals surface area contributed by atoms with Gasteiger partial charge in [0.25, 0.3) is 0 Å². The molecule has 0 aliphatic rings. The molecule has 0 fully saturated rings. The van der Waals surface area contributed by atoms with Crippen molar-refractivity contribution >= 4 is 0 Å². The lowest BCUT2D eigenvalue weighted by Crippen LogP contribution is -2.08. The Kier molecular flexibility index (Phi) is 5.01. The summed E-state index contributed by atoms with van der Waals surface area (Å²) >= 11 is 0. The van der Waals surface area contributed by atoms with Gasteiger partial charge >= 0.3 is 6.18 Å². The lowest BCUT2D eigenvalue weighted by Gasteiger charge is -2.15. The quantitative estimate of drug-likeness (QED) is 0.481. The smallest absolute Gasteiger partial charge is 0.417 e. The molecule has 8 heteroatoms. The first kappa shape index (κ1) is 19.7. The molecule has 2 N–H and O–H groups in total. The predicted octanol–water partition coefficient (Wildman–Crippen LogP) is 5.21. The van der Waals surface area contributed by atoms with Gasteiger partial charge in [0.2, 0.25) is 0 Å². The molecule has 2 aromatic carbocycles. The molecule has 0 aliphatic carbocycles. The summed E-state index contributed by atoms with van der Waals surface area (Å²) in [6, 6.07) is 14.0. The summed E-state index contributed by atoms with van der Waals surface area (Å²) in [6.07, 6.45) is -3.04. The van der Waals surface area contributed by atoms with Gasteiger partial charge in [-0.25, -0.2) is 0 Å². The lowest BCUT2D eigenvalue weighted by atomic mass is 9.93. The summed E-state index contributed by atoms with van der Waals surface area (Å²) in [5.41, 5.74) is -0.0704. The van der Waals surface area contributed by atoms with Crippen LogP contribution in [0.2, 0.25) is 0 Å². The van der Waals surface area contributed by atoms with Crippen molar-refractivity contribution in [3.8, 4) is 28.3 Å². The molecule has 4 rings (SSSR count). The Hall–Kier alpha value is -3.65. The topological polar surface area (TPSA) is 79.4 Å². The van der Waals surface area contributed by atoms with Gasteiger partial charge in [-0.2, -0.15) is 13.2 Å². The van der Waals surface area contributed by atoms with Crippen molar-refractivity contribution in [1.82, 2.24) is 10.1 Å². The van der Waals surface area contributed by atoms with E-state index in [1.165, 1.54) is 54.9 Å². The molecule has 30 heavy (non-hydrogen) atoms. The Bertz CT molecular complexity index is 1160. The van der Waals surface area contributed by atoms with Gasteiger partial charge in [-0.1, -0.05) is 29.4 Å². The maximum atomic E-state index is 13.6. The van der Waals surface area contributed by atoms with Crippen LogP contribution in [0.25, 0.3) is 22.6 Å². The van der Waals surface area contributed by atoms with E-state index in [1.807, 2.05) is 0 Å². The van der Waals surface area contributed by atoms with Gasteiger partial charge in [-0.15, -0.1) is 0 Å². The largest absolute Gasteiger partial charge is 0.508 e. The summed E-state index contributed by atoms with van der Waals surface area (Å²) in [7, 11) is 0. The highest BCUT2D eigenvalue weighted by Crippen LogP contribution is 2.43. The number of benzene rings is 2. The minimum atomic E-state index is -4.63. The number of aliphatic hydroxyl groups is 1. The molecule has 0 aliphatic heterocycles. The first-order valence-electron chi connectivity index (χ1n) is 8.90. The van der Waals surface area contributed by atoms with Gasteiger partial charge in [0.1, 0.15) is 17.5 Å². The standard InChI is InChI=1S/C22H15F3N2O3/c23-22(24,25)17-6-2-1-5-16(17)21-18(20(29)14-4-3-11-26-12-14)19(27-30-21)13-7-9-15(28)10-8-13/h1-12,20,28-29H. The second-order valence-corrected chi connectivity index (χ2v) is 6.55. The van der Waals surface area contributed by atoms with Gasteiger partial charge in [0.05, 0.1) is 11.1 Å². The average Bonchev–Trinajstić information content (AvgIpc) is 3.18. The number of nitrogens with zero attached hydrogens (tertiary/aromatic N) is 2. The van der Waals surface area contributed by atoms with Crippen molar-refractivity contribution in [3.05, 3.63) is 89.7 Å². The van der Waals surface area contributed by atoms with Gasteiger partial charge in [0, 0.05) is 29.1 Å². The van der Waals surface area contributed by atoms with E-state index >= 15 is 0 Å². The maximum absolute atomic E-state index is 13.6. The molecule has 152 valence electrons. The number of aromatic hydroxyl groups is 1. The van der Waals surface area contributed by atoms with Crippen molar-refractivity contribution in [2.24, 2.45) is 0 Å². The maximum Gasteiger partial charge on any atom is 0.417 e. The van der Waals surface area contributed by atoms with Crippen LogP contribution in [0, 0.1) is 0 Å². The van der Waals surface area contributed by atoms with Crippen LogP contribution < -0.4 is 0 Å². The molecule has 0 spiro atoms. The molecular formula is C22H15F3N2O3. The minimum absolute atomic E-state index is 0.0132. The van der Waals surface area contributed by atoms with Crippen LogP contribution >= 0.6 is 0 Å². The number of halogens is 3. The highest BCUT2D eigenvalue weighted by atomic mass is 19.4. The zero-order valence-corrected chi connectivity index (χ0v) is 15.3. The number of alkyl halides is 3. The second-order valence-electron chi connectivity index (χ2n) is 6.55. The number of rotatable bonds is 4. The van der Waals surface area contributed by atoms with E-state index in [0.717, 1.165) is 6.07 Å². The summed E-state index contributed by atoms with van der Waals surface area (Å²) in [6.45, 7) is 0. The van der Waals surface area contributed by atoms with E-state index in [-0.39, 0.29) is 28.3 Å². The van der Waals surface area contributed by atoms with Crippen LogP contribution in [0.4, 0.5) is 13.2 Å². The van der Waals surface area contributed by atoms with E-state index in [0.29, 0.717) is 11.1 Å². The summed E-state index contributed by atoms with van der Waals surface area (Å²) in [5.74, 6) is -0.179. The van der Waals surface area contributed by atoms with Crippen LogP contribution in [-0.2, 0) is 6.18 Å². The molecular weight excluding hydrogens is 397 g/mol. The summed E-state index contributed by atoms with van der Waals surface area (Å²) < 4.78 is 46.2. The first-order chi connectivity index (χ1) is 14.4. The Labute approximate surface area is 169 Å². The fourth-order valence-corrected chi connectivity index (χ4v) is 3.21. The molecule has 0 radical (unpaired) electrons. The predicted molar refractivity (Wildman–Crippen MR) is 102 cm³/mol. The summed E-state index contributed by atoms with van der Waals surface area (Å²) in [4.78, 5) is 3.96. The van der Waals surface area contributed by atoms with E-state index in [4.69, 9.17) is 4.52 Å². The first-order valence-corrected chi connectivity index (χ1v) is 8.90. The molecule has 0 saturated carbocycles. The molecule has 0 bridgehead atoms. The Balaban J connectivity index is 1.96. The normalized spacial score (nSPS) is 12.7. The van der Waals surface area contributed by atoms with Gasteiger partial charge in [-0.05, 0) is 36.4 Å². The van der Waals surface area contributed by atoms with Crippen LogP contribution in [0.1, 0.15) is 22.8 Å². The number of pyridine rings is 1. The fraction of sp³-hybridized carbons (Fsp3) is 0.0909. The molecule has 2 heterocycles. The molecule has 1 unspecified atom stereocenters. The molecule has 0 saturated heterocycles. The number of phenolic OH excluding ortho intramolecular Hbond substituents is 1. The number of hydrogen-bond acceptors (Lipinski definition) is 5. The van der Waals surface area contributed by atoms with Crippen LogP contribution in [0.5, 0.6) is 5.75 Å². The fourth-order valence-electron chi connectivity index (χ4n) is 3.21. The van der Waals surface area contributed by atoms with Gasteiger partial charge in [-0.3, -0.25) is 4.98 Å². The minimum Gasteiger partial charge on any atom is -0.508 e. The van der Waals surface area contributed by atoms with E-state index in [9.17, 15) is 23.4 Å². The zero-order chi connectivity index (χ0) is 21.3. The Morgan fingerprint density at radius 1 is 0.933 bits per heavy atom. The molecule has 5 nitrogen and oxygen atoms in total. The van der Waals surface area contributed by atoms with Gasteiger partial charge in [0.15, 0.2) is 5.76 Å². The zero-order valence-electron chi connectivity index (χ0n) is 15.3. The molecule has 4 aromatic rings. The van der Waals surface area contributed by atoms with Crippen molar-refractivity contribution in [2.75, 3.05) is 0 Å². The Morgan fingerprint density at radius 2 is 1.67 bits per heavy atom. The second kappa shape index (κ2) is 7.64. The van der Waals surface area contributed by atoms with Crippen LogP contribution in [-0.4, -0.2) is 20.4 Å². The molecule has 2 aromatic heterocycles. The van der Waals surface area contributed by atoms with Crippen LogP contribution in [0.3, 0.4) is 0 Å². The third-order valence-electron chi connectivity index (χ3n) is 4.62. The third-order valence-corrected chi connectivity index (χ3v) is 4.62. The van der Waals surface area contributed by atoms with Crippen molar-refractivity contribution in [3.63, 3.8) is 0 Å². The molecule has 1 atom stereocenters. The van der Waals surface area contributed by atoms with Crippen molar-refractivity contribution < 1.29 is 27.9 Å². The number of aliphatic hydroxyl groups excluding tert-OH is 1. The average molecular weight is 412 g/mol. The van der Waals surface area contributed by atoms with E-state index in [1.54, 1.807) is 12.1 Å². The highest BCUT2D eigenvalue weighted by Gasteiger charge is 2.36. The number of aromatic nitrogens is 2. The van der Waals surface area contributed by atoms with E-state index < -0.39 is 17.8 Å². The summed E-state index contributed by atoms with van der Waals surface area (Å²) in [5, 5.41) is 24.5. The third kappa shape index (κ3) is 3.65. The van der Waals surface area contributed by atoms with Crippen molar-refractivity contribution in [2.45, 2.75) is 12.3 Å². The number of phenols is 1.